The zero-order valence-corrected chi connectivity index (χ0v) is 33.4. The van der Waals surface area contributed by atoms with Crippen LogP contribution in [0.1, 0.15) is 11.1 Å². The van der Waals surface area contributed by atoms with Crippen molar-refractivity contribution in [2.75, 3.05) is 0 Å². The molecule has 0 amide bonds. The zero-order chi connectivity index (χ0) is 39.1. The van der Waals surface area contributed by atoms with Crippen molar-refractivity contribution in [1.29, 1.82) is 0 Å². The average molecular weight is 761 g/mol. The van der Waals surface area contributed by atoms with Gasteiger partial charge in [-0.15, -0.1) is 0 Å². The van der Waals surface area contributed by atoms with Gasteiger partial charge in [0.05, 0.1) is 11.0 Å². The van der Waals surface area contributed by atoms with Crippen LogP contribution < -0.4 is 20.7 Å². The van der Waals surface area contributed by atoms with Gasteiger partial charge >= 0.3 is 0 Å². The van der Waals surface area contributed by atoms with E-state index in [4.69, 9.17) is 15.0 Å². The lowest BCUT2D eigenvalue weighted by atomic mass is 10.1. The third kappa shape index (κ3) is 6.13. The first kappa shape index (κ1) is 35.2. The topological polar surface area (TPSA) is 43.6 Å². The number of hydrogen-bond donors (Lipinski definition) is 0. The van der Waals surface area contributed by atoms with Crippen molar-refractivity contribution in [2.24, 2.45) is 0 Å². The molecule has 0 atom stereocenters. The Bertz CT molecular complexity index is 2950. The van der Waals surface area contributed by atoms with Gasteiger partial charge in [-0.05, 0) is 83.1 Å². The molecule has 276 valence electrons. The Labute approximate surface area is 339 Å². The maximum Gasteiger partial charge on any atom is 0.179 e. The fourth-order valence-electron chi connectivity index (χ4n) is 8.79. The quantitative estimate of drug-likeness (QED) is 0.114. The van der Waals surface area contributed by atoms with Crippen molar-refractivity contribution in [1.82, 2.24) is 19.5 Å². The maximum atomic E-state index is 5.32. The summed E-state index contributed by atoms with van der Waals surface area (Å²) in [4.78, 5) is 15.8. The number of para-hydroxylation sites is 2. The Kier molecular flexibility index (Phi) is 8.93. The predicted molar refractivity (Wildman–Crippen MR) is 244 cm³/mol. The van der Waals surface area contributed by atoms with Gasteiger partial charge in [0, 0.05) is 33.2 Å². The minimum absolute atomic E-state index is 0.640. The highest BCUT2D eigenvalue weighted by atomic mass is 28.3. The van der Waals surface area contributed by atoms with E-state index in [2.05, 4.69) is 225 Å². The van der Waals surface area contributed by atoms with Gasteiger partial charge in [-0.2, -0.15) is 0 Å². The molecule has 2 aromatic heterocycles. The van der Waals surface area contributed by atoms with Crippen molar-refractivity contribution < 1.29 is 0 Å². The van der Waals surface area contributed by atoms with Crippen molar-refractivity contribution >= 4 is 50.6 Å². The van der Waals surface area contributed by atoms with E-state index in [-0.39, 0.29) is 0 Å². The molecule has 0 aliphatic heterocycles. The Hall–Kier alpha value is -7.21. The van der Waals surface area contributed by atoms with E-state index < -0.39 is 8.07 Å². The maximum absolute atomic E-state index is 5.32. The third-order valence-electron chi connectivity index (χ3n) is 11.2. The second-order valence-corrected chi connectivity index (χ2v) is 18.8. The third-order valence-corrected chi connectivity index (χ3v) is 16.0. The molecule has 5 heteroatoms. The number of aryl methyl sites for hydroxylation is 2. The molecule has 10 aromatic rings. The van der Waals surface area contributed by atoms with Gasteiger partial charge in [0.25, 0.3) is 0 Å². The summed E-state index contributed by atoms with van der Waals surface area (Å²) in [5.41, 5.74) is 8.62. The van der Waals surface area contributed by atoms with Gasteiger partial charge in [0.1, 0.15) is 0 Å². The number of nitrogens with zero attached hydrogens (tertiary/aromatic N) is 4. The fraction of sp³-hybridized carbons (Fsp3) is 0.0377. The number of hydrogen-bond acceptors (Lipinski definition) is 3. The van der Waals surface area contributed by atoms with E-state index in [9.17, 15) is 0 Å². The predicted octanol–water partition coefficient (Wildman–Crippen LogP) is 9.96. The largest absolute Gasteiger partial charge is 0.309 e. The summed E-state index contributed by atoms with van der Waals surface area (Å²) in [6.07, 6.45) is 0. The van der Waals surface area contributed by atoms with Gasteiger partial charge in [0.15, 0.2) is 25.5 Å². The molecular weight excluding hydrogens is 721 g/mol. The van der Waals surface area contributed by atoms with E-state index in [0.29, 0.717) is 17.5 Å². The summed E-state index contributed by atoms with van der Waals surface area (Å²) in [7, 11) is -2.79. The first-order valence-electron chi connectivity index (χ1n) is 19.8. The molecule has 4 nitrogen and oxygen atoms in total. The van der Waals surface area contributed by atoms with E-state index in [1.807, 2.05) is 0 Å². The zero-order valence-electron chi connectivity index (χ0n) is 32.4. The van der Waals surface area contributed by atoms with Gasteiger partial charge in [-0.1, -0.05) is 169 Å². The fourth-order valence-corrected chi connectivity index (χ4v) is 13.6. The number of fused-ring (bicyclic) bond motifs is 3. The number of benzene rings is 8. The molecule has 0 bridgehead atoms. The number of aromatic nitrogens is 4. The van der Waals surface area contributed by atoms with Crippen LogP contribution in [0.15, 0.2) is 206 Å². The standard InChI is InChI=1S/C53H40N4Si/c1-37-32-38(2)34-41(33-37)53-55-51(54-52(56-53)40-30-31-50-48(36-40)47-28-15-16-29-49(47)57(50)42-19-7-3-8-20-42)39-18-17-27-46(35-39)58(43-21-9-4-10-22-43,44-23-11-5-12-24-44)45-25-13-6-14-26-45/h3-36H,1-2H3. The molecule has 0 unspecified atom stereocenters. The van der Waals surface area contributed by atoms with E-state index in [0.717, 1.165) is 38.8 Å². The molecule has 0 aliphatic carbocycles. The first-order chi connectivity index (χ1) is 28.6. The molecule has 0 aliphatic rings. The smallest absolute Gasteiger partial charge is 0.179 e. The van der Waals surface area contributed by atoms with E-state index in [1.54, 1.807) is 0 Å². The Balaban J connectivity index is 1.20. The normalized spacial score (nSPS) is 11.6. The van der Waals surface area contributed by atoms with Crippen LogP contribution in [0, 0.1) is 13.8 Å². The molecule has 58 heavy (non-hydrogen) atoms. The van der Waals surface area contributed by atoms with Crippen molar-refractivity contribution in [2.45, 2.75) is 13.8 Å². The molecule has 0 fully saturated rings. The summed E-state index contributed by atoms with van der Waals surface area (Å²) in [6.45, 7) is 4.25. The molecule has 0 N–H and O–H groups in total. The summed E-state index contributed by atoms with van der Waals surface area (Å²) in [5.74, 6) is 1.94. The highest BCUT2D eigenvalue weighted by Gasteiger charge is 2.41. The SMILES string of the molecule is Cc1cc(C)cc(-c2nc(-c3cccc([Si](c4ccccc4)(c4ccccc4)c4ccccc4)c3)nc(-c3ccc4c(c3)c3ccccc3n4-c3ccccc3)n2)c1. The number of rotatable bonds is 8. The van der Waals surface area contributed by atoms with Crippen LogP contribution in [0.3, 0.4) is 0 Å². The summed E-state index contributed by atoms with van der Waals surface area (Å²) in [5, 5.41) is 7.56. The minimum Gasteiger partial charge on any atom is -0.309 e. The Morgan fingerprint density at radius 1 is 0.345 bits per heavy atom. The molecule has 0 radical (unpaired) electrons. The Morgan fingerprint density at radius 3 is 1.40 bits per heavy atom. The van der Waals surface area contributed by atoms with Crippen LogP contribution in [0.25, 0.3) is 61.7 Å². The van der Waals surface area contributed by atoms with Gasteiger partial charge in [-0.25, -0.2) is 15.0 Å². The highest BCUT2D eigenvalue weighted by Crippen LogP contribution is 2.35. The van der Waals surface area contributed by atoms with Crippen LogP contribution >= 0.6 is 0 Å². The monoisotopic (exact) mass is 760 g/mol. The average Bonchev–Trinajstić information content (AvgIpc) is 3.61. The van der Waals surface area contributed by atoms with E-state index in [1.165, 1.54) is 37.3 Å². The second kappa shape index (κ2) is 14.7. The Morgan fingerprint density at radius 2 is 0.810 bits per heavy atom. The molecule has 0 saturated heterocycles. The summed E-state index contributed by atoms with van der Waals surface area (Å²) in [6, 6.07) is 74.3. The molecule has 8 aromatic carbocycles. The molecule has 2 heterocycles. The molecule has 0 saturated carbocycles. The molecule has 0 spiro atoms. The minimum atomic E-state index is -2.79. The lowest BCUT2D eigenvalue weighted by Gasteiger charge is -2.34. The van der Waals surface area contributed by atoms with E-state index >= 15 is 0 Å². The lowest BCUT2D eigenvalue weighted by Crippen LogP contribution is -2.74. The first-order valence-corrected chi connectivity index (χ1v) is 21.8. The summed E-state index contributed by atoms with van der Waals surface area (Å²) >= 11 is 0. The summed E-state index contributed by atoms with van der Waals surface area (Å²) < 4.78 is 2.34. The van der Waals surface area contributed by atoms with Crippen molar-refractivity contribution in [3.8, 4) is 39.9 Å². The van der Waals surface area contributed by atoms with Crippen LogP contribution in [-0.4, -0.2) is 27.6 Å². The van der Waals surface area contributed by atoms with Gasteiger partial charge < -0.3 is 4.57 Å². The van der Waals surface area contributed by atoms with Crippen LogP contribution in [0.2, 0.25) is 0 Å². The molecular formula is C53H40N4Si. The van der Waals surface area contributed by atoms with Gasteiger partial charge in [0.2, 0.25) is 0 Å². The second-order valence-electron chi connectivity index (χ2n) is 15.0. The van der Waals surface area contributed by atoms with Crippen LogP contribution in [0.5, 0.6) is 0 Å². The lowest BCUT2D eigenvalue weighted by molar-refractivity contribution is 1.07. The van der Waals surface area contributed by atoms with Crippen LogP contribution in [0.4, 0.5) is 0 Å². The van der Waals surface area contributed by atoms with Crippen molar-refractivity contribution in [3.63, 3.8) is 0 Å². The van der Waals surface area contributed by atoms with Crippen molar-refractivity contribution in [3.05, 3.63) is 217 Å². The highest BCUT2D eigenvalue weighted by molar-refractivity contribution is 7.19. The molecule has 10 rings (SSSR count). The van der Waals surface area contributed by atoms with Gasteiger partial charge in [-0.3, -0.25) is 0 Å². The van der Waals surface area contributed by atoms with Crippen LogP contribution in [-0.2, 0) is 0 Å².